The Morgan fingerprint density at radius 2 is 2.05 bits per heavy atom. The summed E-state index contributed by atoms with van der Waals surface area (Å²) < 4.78 is 26.4. The fourth-order valence-corrected chi connectivity index (χ4v) is 3.83. The van der Waals surface area contributed by atoms with E-state index < -0.39 is 20.6 Å². The van der Waals surface area contributed by atoms with Gasteiger partial charge in [0.15, 0.2) is 5.00 Å². The molecule has 9 heteroatoms. The minimum atomic E-state index is -3.88. The van der Waals surface area contributed by atoms with Crippen LogP contribution in [-0.2, 0) is 10.0 Å². The summed E-state index contributed by atoms with van der Waals surface area (Å²) in [6.07, 6.45) is 0. The van der Waals surface area contributed by atoms with Crippen LogP contribution in [0.5, 0.6) is 0 Å². The van der Waals surface area contributed by atoms with Gasteiger partial charge in [0.1, 0.15) is 4.21 Å². The summed E-state index contributed by atoms with van der Waals surface area (Å²) in [5.41, 5.74) is 6.32. The van der Waals surface area contributed by atoms with Crippen molar-refractivity contribution >= 4 is 37.7 Å². The summed E-state index contributed by atoms with van der Waals surface area (Å²) in [6, 6.07) is 7.74. The van der Waals surface area contributed by atoms with Gasteiger partial charge in [-0.1, -0.05) is 23.5 Å². The van der Waals surface area contributed by atoms with Crippen molar-refractivity contribution in [1.82, 2.24) is 0 Å². The molecule has 0 aliphatic rings. The summed E-state index contributed by atoms with van der Waals surface area (Å²) in [7, 11) is -3.88. The van der Waals surface area contributed by atoms with Crippen LogP contribution >= 0.6 is 11.3 Å². The Balaban J connectivity index is 2.36. The largest absolute Gasteiger partial charge is 0.385 e. The van der Waals surface area contributed by atoms with Gasteiger partial charge < -0.3 is 5.73 Å². The van der Waals surface area contributed by atoms with E-state index in [9.17, 15) is 18.5 Å². The van der Waals surface area contributed by atoms with Crippen molar-refractivity contribution in [2.24, 2.45) is 0 Å². The van der Waals surface area contributed by atoms with Gasteiger partial charge in [0, 0.05) is 11.8 Å². The molecule has 7 nitrogen and oxygen atoms in total. The van der Waals surface area contributed by atoms with Crippen LogP contribution in [0, 0.1) is 17.0 Å². The molecule has 0 fully saturated rings. The molecule has 1 heterocycles. The predicted molar refractivity (Wildman–Crippen MR) is 77.4 cm³/mol. The Hall–Kier alpha value is -2.13. The van der Waals surface area contributed by atoms with E-state index in [0.29, 0.717) is 17.0 Å². The maximum absolute atomic E-state index is 12.1. The van der Waals surface area contributed by atoms with E-state index in [4.69, 9.17) is 5.73 Å². The lowest BCUT2D eigenvalue weighted by Crippen LogP contribution is -2.11. The maximum Gasteiger partial charge on any atom is 0.304 e. The lowest BCUT2D eigenvalue weighted by Gasteiger charge is -2.06. The Labute approximate surface area is 119 Å². The van der Waals surface area contributed by atoms with Crippen LogP contribution in [-0.4, -0.2) is 13.3 Å². The van der Waals surface area contributed by atoms with Crippen molar-refractivity contribution < 1.29 is 13.3 Å². The SMILES string of the molecule is Cc1cccc(NS(=O)(=O)c2cc([N+](=O)[O-])c(N)s2)c1. The zero-order chi connectivity index (χ0) is 14.9. The molecule has 0 radical (unpaired) electrons. The van der Waals surface area contributed by atoms with Gasteiger partial charge in [-0.25, -0.2) is 8.42 Å². The molecule has 0 saturated carbocycles. The van der Waals surface area contributed by atoms with E-state index in [1.54, 1.807) is 18.2 Å². The number of sulfonamides is 1. The lowest BCUT2D eigenvalue weighted by atomic mass is 10.2. The molecule has 0 amide bonds. The van der Waals surface area contributed by atoms with Gasteiger partial charge in [0.2, 0.25) is 0 Å². The quantitative estimate of drug-likeness (QED) is 0.664. The van der Waals surface area contributed by atoms with Crippen molar-refractivity contribution in [1.29, 1.82) is 0 Å². The molecule has 20 heavy (non-hydrogen) atoms. The highest BCUT2D eigenvalue weighted by Crippen LogP contribution is 2.35. The molecule has 0 unspecified atom stereocenters. The average Bonchev–Trinajstić information content (AvgIpc) is 2.71. The van der Waals surface area contributed by atoms with E-state index in [0.717, 1.165) is 11.6 Å². The second-order valence-electron chi connectivity index (χ2n) is 4.05. The topological polar surface area (TPSA) is 115 Å². The van der Waals surface area contributed by atoms with Gasteiger partial charge in [-0.2, -0.15) is 0 Å². The second-order valence-corrected chi connectivity index (χ2v) is 7.04. The predicted octanol–water partition coefficient (Wildman–Crippen LogP) is 2.35. The molecule has 0 spiro atoms. The Bertz CT molecular complexity index is 768. The van der Waals surface area contributed by atoms with Crippen molar-refractivity contribution in [2.45, 2.75) is 11.1 Å². The van der Waals surface area contributed by atoms with Crippen molar-refractivity contribution in [2.75, 3.05) is 10.5 Å². The summed E-state index contributed by atoms with van der Waals surface area (Å²) >= 11 is 0.659. The fourth-order valence-electron chi connectivity index (χ4n) is 1.56. The molecule has 0 aliphatic heterocycles. The first kappa shape index (κ1) is 14.3. The highest BCUT2D eigenvalue weighted by atomic mass is 32.2. The molecule has 2 rings (SSSR count). The zero-order valence-corrected chi connectivity index (χ0v) is 12.0. The first-order valence-corrected chi connectivity index (χ1v) is 7.73. The molecule has 106 valence electrons. The molecule has 0 aliphatic carbocycles. The molecule has 0 atom stereocenters. The second kappa shape index (κ2) is 5.10. The van der Waals surface area contributed by atoms with Gasteiger partial charge in [-0.3, -0.25) is 14.8 Å². The Morgan fingerprint density at radius 3 is 2.60 bits per heavy atom. The van der Waals surface area contributed by atoms with Crippen molar-refractivity contribution in [3.05, 3.63) is 46.0 Å². The van der Waals surface area contributed by atoms with E-state index in [-0.39, 0.29) is 9.21 Å². The molecule has 0 bridgehead atoms. The van der Waals surface area contributed by atoms with Gasteiger partial charge in [-0.05, 0) is 24.6 Å². The number of nitro groups is 1. The van der Waals surface area contributed by atoms with E-state index in [1.165, 1.54) is 0 Å². The normalized spacial score (nSPS) is 11.2. The number of nitrogens with zero attached hydrogens (tertiary/aromatic N) is 1. The van der Waals surface area contributed by atoms with Crippen LogP contribution in [0.2, 0.25) is 0 Å². The van der Waals surface area contributed by atoms with E-state index in [1.807, 2.05) is 13.0 Å². The van der Waals surface area contributed by atoms with Gasteiger partial charge in [-0.15, -0.1) is 0 Å². The first-order chi connectivity index (χ1) is 9.29. The van der Waals surface area contributed by atoms with Crippen LogP contribution in [0.25, 0.3) is 0 Å². The van der Waals surface area contributed by atoms with Gasteiger partial charge >= 0.3 is 5.69 Å². The number of rotatable bonds is 4. The monoisotopic (exact) mass is 313 g/mol. The number of aryl methyl sites for hydroxylation is 1. The smallest absolute Gasteiger partial charge is 0.304 e. The minimum absolute atomic E-state index is 0.139. The third kappa shape index (κ3) is 2.89. The number of nitrogen functional groups attached to an aromatic ring is 1. The number of anilines is 2. The van der Waals surface area contributed by atoms with Crippen LogP contribution < -0.4 is 10.5 Å². The Kier molecular flexibility index (Phi) is 3.64. The van der Waals surface area contributed by atoms with E-state index >= 15 is 0 Å². The van der Waals surface area contributed by atoms with E-state index in [2.05, 4.69) is 4.72 Å². The molecule has 0 saturated heterocycles. The van der Waals surface area contributed by atoms with Crippen LogP contribution in [0.1, 0.15) is 5.56 Å². The highest BCUT2D eigenvalue weighted by molar-refractivity contribution is 7.94. The number of hydrogen-bond acceptors (Lipinski definition) is 6. The standard InChI is InChI=1S/C11H11N3O4S2/c1-7-3-2-4-8(5-7)13-20(17,18)10-6-9(14(15)16)11(12)19-10/h2-6,13H,12H2,1H3. The Morgan fingerprint density at radius 1 is 1.35 bits per heavy atom. The first-order valence-electron chi connectivity index (χ1n) is 5.43. The third-order valence-corrected chi connectivity index (χ3v) is 5.26. The molecular weight excluding hydrogens is 302 g/mol. The molecular formula is C11H11N3O4S2. The molecule has 1 aromatic carbocycles. The van der Waals surface area contributed by atoms with Crippen molar-refractivity contribution in [3.8, 4) is 0 Å². The minimum Gasteiger partial charge on any atom is -0.385 e. The summed E-state index contributed by atoms with van der Waals surface area (Å²) in [5, 5.41) is 10.5. The summed E-state index contributed by atoms with van der Waals surface area (Å²) in [6.45, 7) is 1.83. The van der Waals surface area contributed by atoms with Crippen LogP contribution in [0.4, 0.5) is 16.4 Å². The van der Waals surface area contributed by atoms with Gasteiger partial charge in [0.05, 0.1) is 4.92 Å². The number of benzene rings is 1. The summed E-state index contributed by atoms with van der Waals surface area (Å²) in [4.78, 5) is 9.97. The number of hydrogen-bond donors (Lipinski definition) is 2. The molecule has 3 N–H and O–H groups in total. The number of nitrogens with two attached hydrogens (primary N) is 1. The van der Waals surface area contributed by atoms with Crippen LogP contribution in [0.15, 0.2) is 34.5 Å². The lowest BCUT2D eigenvalue weighted by molar-refractivity contribution is -0.383. The average molecular weight is 313 g/mol. The summed E-state index contributed by atoms with van der Waals surface area (Å²) in [5.74, 6) is 0. The number of nitrogens with one attached hydrogen (secondary N) is 1. The molecule has 1 aromatic heterocycles. The maximum atomic E-state index is 12.1. The highest BCUT2D eigenvalue weighted by Gasteiger charge is 2.24. The van der Waals surface area contributed by atoms with Crippen molar-refractivity contribution in [3.63, 3.8) is 0 Å². The number of thiophene rings is 1. The van der Waals surface area contributed by atoms with Gasteiger partial charge in [0.25, 0.3) is 10.0 Å². The third-order valence-electron chi connectivity index (χ3n) is 2.45. The molecule has 2 aromatic rings. The zero-order valence-electron chi connectivity index (χ0n) is 10.4. The fraction of sp³-hybridized carbons (Fsp3) is 0.0909. The van der Waals surface area contributed by atoms with Crippen LogP contribution in [0.3, 0.4) is 0 Å².